The van der Waals surface area contributed by atoms with Crippen molar-refractivity contribution in [1.29, 1.82) is 0 Å². The van der Waals surface area contributed by atoms with Gasteiger partial charge < -0.3 is 23.6 Å². The maximum absolute atomic E-state index is 13.4. The van der Waals surface area contributed by atoms with Gasteiger partial charge in [-0.15, -0.1) is 0 Å². The van der Waals surface area contributed by atoms with E-state index in [0.29, 0.717) is 23.0 Å². The molecule has 0 saturated heterocycles. The van der Waals surface area contributed by atoms with Gasteiger partial charge >= 0.3 is 13.8 Å². The lowest BCUT2D eigenvalue weighted by Gasteiger charge is -2.27. The molecule has 8 heteroatoms. The Morgan fingerprint density at radius 3 is 1.00 bits per heavy atom. The summed E-state index contributed by atoms with van der Waals surface area (Å²) in [6.45, 7) is 16.3. The van der Waals surface area contributed by atoms with E-state index in [-0.39, 0.29) is 16.6 Å². The molecule has 1 unspecified atom stereocenters. The van der Waals surface area contributed by atoms with Crippen LogP contribution in [0, 0.1) is 6.92 Å². The lowest BCUT2D eigenvalue weighted by atomic mass is 9.78. The van der Waals surface area contributed by atoms with E-state index in [1.165, 1.54) is 17.8 Å². The molecular formula is C48H49O7P. The van der Waals surface area contributed by atoms with Gasteiger partial charge in [0.25, 0.3) is 0 Å². The van der Waals surface area contributed by atoms with E-state index in [9.17, 15) is 14.5 Å². The number of phenolic OH excluding ortho intramolecular Hbond substituents is 1. The number of carbonyl (C=O) groups excluding carboxylic acids is 1. The van der Waals surface area contributed by atoms with E-state index in [1.54, 1.807) is 60.7 Å². The van der Waals surface area contributed by atoms with Crippen LogP contribution in [0.25, 0.3) is 0 Å². The largest absolute Gasteiger partial charge is 0.519 e. The fourth-order valence-electron chi connectivity index (χ4n) is 6.71. The number of rotatable bonds is 12. The summed E-state index contributed by atoms with van der Waals surface area (Å²) in [5, 5.41) is 9.67. The first-order chi connectivity index (χ1) is 26.4. The minimum Gasteiger partial charge on any atom is -0.508 e. The number of aryl methyl sites for hydroxylation is 1. The Labute approximate surface area is 330 Å². The van der Waals surface area contributed by atoms with Crippen molar-refractivity contribution in [3.8, 4) is 28.7 Å². The smallest absolute Gasteiger partial charge is 0.508 e. The van der Waals surface area contributed by atoms with Crippen molar-refractivity contribution in [3.63, 3.8) is 0 Å². The van der Waals surface area contributed by atoms with Crippen LogP contribution < -0.4 is 18.5 Å². The number of ether oxygens (including phenoxy) is 2. The van der Waals surface area contributed by atoms with Crippen molar-refractivity contribution in [1.82, 2.24) is 0 Å². The molecule has 6 aromatic carbocycles. The molecule has 6 aromatic rings. The highest BCUT2D eigenvalue weighted by Gasteiger charge is 2.27. The third-order valence-corrected chi connectivity index (χ3v) is 11.7. The van der Waals surface area contributed by atoms with E-state index in [4.69, 9.17) is 18.5 Å². The highest BCUT2D eigenvalue weighted by molar-refractivity contribution is 7.53. The fraction of sp³-hybridized carbons (Fsp3) is 0.229. The van der Waals surface area contributed by atoms with Gasteiger partial charge in [-0.1, -0.05) is 132 Å². The lowest BCUT2D eigenvalue weighted by molar-refractivity contribution is 0.152. The molecule has 0 fully saturated rings. The Bertz CT molecular complexity index is 2310. The number of aromatic hydroxyl groups is 1. The fourth-order valence-corrected chi connectivity index (χ4v) is 7.75. The lowest BCUT2D eigenvalue weighted by Crippen LogP contribution is -2.19. The van der Waals surface area contributed by atoms with Crippen molar-refractivity contribution < 1.29 is 33.0 Å². The van der Waals surface area contributed by atoms with Crippen molar-refractivity contribution in [2.45, 2.75) is 64.7 Å². The van der Waals surface area contributed by atoms with Crippen LogP contribution >= 0.6 is 7.60 Å². The molecule has 288 valence electrons. The standard InChI is InChI=1S/C48H49O7P/c1-33-9-11-34(12-10-33)46(2,3)36-15-25-41(26-16-36)52-45(50)53-42-27-17-37(18-28-42)48(6,7)39-21-31-44(32-22-39)55-56(8,51)54-43-29-19-38(20-30-43)47(4,5)35-13-23-40(49)24-14-35/h9-32,49H,1-8H3. The third kappa shape index (κ3) is 9.18. The van der Waals surface area contributed by atoms with Crippen LogP contribution in [0.1, 0.15) is 80.5 Å². The predicted octanol–water partition coefficient (Wildman–Crippen LogP) is 12.5. The summed E-state index contributed by atoms with van der Waals surface area (Å²) in [6.07, 6.45) is -0.818. The van der Waals surface area contributed by atoms with Gasteiger partial charge in [0.15, 0.2) is 0 Å². The van der Waals surface area contributed by atoms with Gasteiger partial charge in [-0.2, -0.15) is 0 Å². The second-order valence-corrected chi connectivity index (χ2v) is 17.7. The molecule has 1 atom stereocenters. The Kier molecular flexibility index (Phi) is 11.2. The molecule has 0 spiro atoms. The summed E-state index contributed by atoms with van der Waals surface area (Å²) < 4.78 is 36.0. The van der Waals surface area contributed by atoms with Gasteiger partial charge in [0.1, 0.15) is 28.7 Å². The van der Waals surface area contributed by atoms with E-state index in [1.807, 2.05) is 60.7 Å². The maximum atomic E-state index is 13.4. The molecule has 6 rings (SSSR count). The van der Waals surface area contributed by atoms with Crippen LogP contribution in [0.5, 0.6) is 28.7 Å². The van der Waals surface area contributed by atoms with Crippen molar-refractivity contribution >= 4 is 13.8 Å². The van der Waals surface area contributed by atoms with Crippen LogP contribution in [0.15, 0.2) is 146 Å². The van der Waals surface area contributed by atoms with Crippen LogP contribution in [0.4, 0.5) is 4.79 Å². The number of hydrogen-bond acceptors (Lipinski definition) is 7. The quantitative estimate of drug-likeness (QED) is 0.0753. The zero-order valence-electron chi connectivity index (χ0n) is 33.2. The van der Waals surface area contributed by atoms with Crippen LogP contribution in [0.3, 0.4) is 0 Å². The Hall–Kier alpha value is -5.78. The molecule has 0 aliphatic heterocycles. The van der Waals surface area contributed by atoms with Gasteiger partial charge in [0, 0.05) is 16.2 Å². The van der Waals surface area contributed by atoms with Gasteiger partial charge in [-0.05, 0) is 101 Å². The zero-order chi connectivity index (χ0) is 40.3. The number of phenols is 1. The first-order valence-electron chi connectivity index (χ1n) is 18.6. The zero-order valence-corrected chi connectivity index (χ0v) is 34.1. The highest BCUT2D eigenvalue weighted by atomic mass is 31.2. The number of hydrogen-bond donors (Lipinski definition) is 1. The monoisotopic (exact) mass is 768 g/mol. The second kappa shape index (κ2) is 15.8. The van der Waals surface area contributed by atoms with Crippen LogP contribution in [-0.2, 0) is 20.8 Å². The van der Waals surface area contributed by atoms with Gasteiger partial charge in [0.2, 0.25) is 0 Å². The maximum Gasteiger partial charge on any atom is 0.519 e. The topological polar surface area (TPSA) is 91.3 Å². The predicted molar refractivity (Wildman–Crippen MR) is 223 cm³/mol. The minimum atomic E-state index is -3.51. The minimum absolute atomic E-state index is 0.211. The molecule has 0 radical (unpaired) electrons. The van der Waals surface area contributed by atoms with Crippen LogP contribution in [0.2, 0.25) is 0 Å². The summed E-state index contributed by atoms with van der Waals surface area (Å²) in [4.78, 5) is 12.7. The van der Waals surface area contributed by atoms with Crippen LogP contribution in [-0.4, -0.2) is 17.9 Å². The van der Waals surface area contributed by atoms with Gasteiger partial charge in [-0.3, -0.25) is 0 Å². The molecule has 1 N–H and O–H groups in total. The van der Waals surface area contributed by atoms with Gasteiger partial charge in [-0.25, -0.2) is 9.36 Å². The molecule has 0 amide bonds. The number of carbonyl (C=O) groups is 1. The summed E-state index contributed by atoms with van der Waals surface area (Å²) >= 11 is 0. The number of benzene rings is 6. The summed E-state index contributed by atoms with van der Waals surface area (Å²) in [6, 6.07) is 45.4. The molecule has 0 bridgehead atoms. The highest BCUT2D eigenvalue weighted by Crippen LogP contribution is 2.46. The van der Waals surface area contributed by atoms with Crippen molar-refractivity contribution in [3.05, 3.63) is 185 Å². The Morgan fingerprint density at radius 1 is 0.446 bits per heavy atom. The molecule has 0 saturated carbocycles. The molecule has 7 nitrogen and oxygen atoms in total. The van der Waals surface area contributed by atoms with Crippen molar-refractivity contribution in [2.24, 2.45) is 0 Å². The first kappa shape index (κ1) is 39.9. The Balaban J connectivity index is 1.03. The molecule has 0 aliphatic rings. The normalized spacial score (nSPS) is 13.0. The molecule has 0 heterocycles. The van der Waals surface area contributed by atoms with E-state index in [0.717, 1.165) is 27.8 Å². The second-order valence-electron chi connectivity index (χ2n) is 15.8. The summed E-state index contributed by atoms with van der Waals surface area (Å²) in [5.74, 6) is 1.85. The molecule has 0 aliphatic carbocycles. The van der Waals surface area contributed by atoms with Gasteiger partial charge in [0.05, 0.1) is 6.66 Å². The molecule has 0 aromatic heterocycles. The summed E-state index contributed by atoms with van der Waals surface area (Å²) in [5.41, 5.74) is 6.69. The molecular weight excluding hydrogens is 719 g/mol. The third-order valence-electron chi connectivity index (χ3n) is 10.6. The average Bonchev–Trinajstić information content (AvgIpc) is 3.16. The SMILES string of the molecule is Cc1ccc(C(C)(C)c2ccc(OC(=O)Oc3ccc(C(C)(C)c4ccc(OP(C)(=O)Oc5ccc(C(C)(C)c6ccc(O)cc6)cc5)cc4)cc3)cc2)cc1. The Morgan fingerprint density at radius 2 is 0.696 bits per heavy atom. The van der Waals surface area contributed by atoms with Crippen molar-refractivity contribution in [2.75, 3.05) is 6.66 Å². The molecule has 56 heavy (non-hydrogen) atoms. The first-order valence-corrected chi connectivity index (χ1v) is 20.6. The van der Waals surface area contributed by atoms with E-state index < -0.39 is 19.2 Å². The average molecular weight is 769 g/mol. The van der Waals surface area contributed by atoms with E-state index in [2.05, 4.69) is 72.7 Å². The van der Waals surface area contributed by atoms with E-state index >= 15 is 0 Å². The summed E-state index contributed by atoms with van der Waals surface area (Å²) in [7, 11) is -3.51.